The molecule has 4 bridgehead atoms. The SMILES string of the molecule is CC1(C)[C@@H]2CC[C@]1(C)[C@@H]1OC(O[C@H]3C[C@@H]4[C@H]5CC[C@](C)([C@@H]4O3)C5(C)C)C[C@H]21. The highest BCUT2D eigenvalue weighted by Crippen LogP contribution is 2.72. The van der Waals surface area contributed by atoms with Crippen molar-refractivity contribution < 1.29 is 14.2 Å². The van der Waals surface area contributed by atoms with Crippen LogP contribution in [-0.4, -0.2) is 24.8 Å². The molecule has 6 aliphatic rings. The van der Waals surface area contributed by atoms with Crippen molar-refractivity contribution in [2.75, 3.05) is 0 Å². The molecule has 27 heavy (non-hydrogen) atoms. The van der Waals surface area contributed by atoms with Gasteiger partial charge in [-0.1, -0.05) is 41.5 Å². The second kappa shape index (κ2) is 4.95. The lowest BCUT2D eigenvalue weighted by atomic mass is 9.70. The van der Waals surface area contributed by atoms with E-state index in [9.17, 15) is 0 Å². The molecule has 4 saturated carbocycles. The summed E-state index contributed by atoms with van der Waals surface area (Å²) in [5.74, 6) is 3.00. The normalized spacial score (nSPS) is 61.6. The highest BCUT2D eigenvalue weighted by molar-refractivity contribution is 5.18. The van der Waals surface area contributed by atoms with E-state index in [4.69, 9.17) is 14.2 Å². The zero-order chi connectivity index (χ0) is 19.0. The summed E-state index contributed by atoms with van der Waals surface area (Å²) in [7, 11) is 0. The van der Waals surface area contributed by atoms with E-state index in [-0.39, 0.29) is 12.6 Å². The quantitative estimate of drug-likeness (QED) is 0.650. The maximum absolute atomic E-state index is 6.58. The van der Waals surface area contributed by atoms with Crippen LogP contribution in [0.4, 0.5) is 0 Å². The van der Waals surface area contributed by atoms with E-state index in [0.29, 0.717) is 45.7 Å². The Balaban J connectivity index is 1.15. The van der Waals surface area contributed by atoms with Crippen LogP contribution >= 0.6 is 0 Å². The predicted octanol–water partition coefficient (Wildman–Crippen LogP) is 5.38. The van der Waals surface area contributed by atoms with Gasteiger partial charge in [-0.15, -0.1) is 0 Å². The van der Waals surface area contributed by atoms with Crippen LogP contribution in [0.15, 0.2) is 0 Å². The molecule has 0 aromatic rings. The number of rotatable bonds is 2. The fourth-order valence-electron chi connectivity index (χ4n) is 9.31. The van der Waals surface area contributed by atoms with Gasteiger partial charge in [0.05, 0.1) is 12.2 Å². The summed E-state index contributed by atoms with van der Waals surface area (Å²) in [6, 6.07) is 0. The first kappa shape index (κ1) is 17.7. The van der Waals surface area contributed by atoms with Gasteiger partial charge in [-0.2, -0.15) is 0 Å². The van der Waals surface area contributed by atoms with Gasteiger partial charge in [-0.05, 0) is 71.0 Å². The summed E-state index contributed by atoms with van der Waals surface area (Å²) < 4.78 is 19.6. The highest BCUT2D eigenvalue weighted by atomic mass is 16.8. The number of fused-ring (bicyclic) bond motifs is 10. The first-order chi connectivity index (χ1) is 12.6. The van der Waals surface area contributed by atoms with Crippen LogP contribution in [0.25, 0.3) is 0 Å². The molecule has 0 spiro atoms. The standard InChI is InChI=1S/C24H38O3/c1-21(2)15-7-9-23(21,5)19-13(15)11-17(26-19)25-18-12-14-16-8-10-24(6,20(14)27-18)22(16,3)4/h13-20H,7-12H2,1-6H3/t13-,14-,15-,16-,17-,18?,19-,20-,23-,24-/m1/s1. The van der Waals surface area contributed by atoms with Crippen molar-refractivity contribution in [2.45, 2.75) is 105 Å². The minimum atomic E-state index is -0.0432. The fraction of sp³-hybridized carbons (Fsp3) is 1.00. The molecular formula is C24H38O3. The average molecular weight is 375 g/mol. The summed E-state index contributed by atoms with van der Waals surface area (Å²) in [5.41, 5.74) is 1.47. The second-order valence-electron chi connectivity index (χ2n) is 12.5. The third-order valence-corrected chi connectivity index (χ3v) is 11.6. The Morgan fingerprint density at radius 1 is 0.667 bits per heavy atom. The zero-order valence-corrected chi connectivity index (χ0v) is 18.1. The van der Waals surface area contributed by atoms with Gasteiger partial charge in [0.2, 0.25) is 0 Å². The molecule has 2 heterocycles. The summed E-state index contributed by atoms with van der Waals surface area (Å²) in [5, 5.41) is 0. The van der Waals surface area contributed by atoms with Gasteiger partial charge >= 0.3 is 0 Å². The molecule has 0 radical (unpaired) electrons. The van der Waals surface area contributed by atoms with Crippen molar-refractivity contribution in [2.24, 2.45) is 45.3 Å². The van der Waals surface area contributed by atoms with Crippen molar-refractivity contribution in [3.05, 3.63) is 0 Å². The molecular weight excluding hydrogens is 336 g/mol. The third-order valence-electron chi connectivity index (χ3n) is 11.6. The van der Waals surface area contributed by atoms with Crippen molar-refractivity contribution in [3.8, 4) is 0 Å². The molecule has 0 amide bonds. The van der Waals surface area contributed by atoms with Crippen LogP contribution in [0.5, 0.6) is 0 Å². The van der Waals surface area contributed by atoms with Gasteiger partial charge in [-0.25, -0.2) is 0 Å². The van der Waals surface area contributed by atoms with E-state index in [1.165, 1.54) is 25.7 Å². The van der Waals surface area contributed by atoms with Crippen LogP contribution in [0.1, 0.15) is 80.1 Å². The van der Waals surface area contributed by atoms with Crippen molar-refractivity contribution in [3.63, 3.8) is 0 Å². The largest absolute Gasteiger partial charge is 0.348 e. The zero-order valence-electron chi connectivity index (χ0n) is 18.1. The molecule has 4 aliphatic carbocycles. The molecule has 0 N–H and O–H groups in total. The van der Waals surface area contributed by atoms with Crippen LogP contribution in [0.3, 0.4) is 0 Å². The minimum Gasteiger partial charge on any atom is -0.348 e. The maximum atomic E-state index is 6.58. The Bertz CT molecular complexity index is 615. The minimum absolute atomic E-state index is 0.0432. The molecule has 3 heteroatoms. The third kappa shape index (κ3) is 1.83. The Morgan fingerprint density at radius 2 is 1.07 bits per heavy atom. The van der Waals surface area contributed by atoms with E-state index in [2.05, 4.69) is 41.5 Å². The maximum Gasteiger partial charge on any atom is 0.161 e. The first-order valence-electron chi connectivity index (χ1n) is 11.6. The number of hydrogen-bond donors (Lipinski definition) is 0. The van der Waals surface area contributed by atoms with Gasteiger partial charge in [0.15, 0.2) is 12.6 Å². The molecule has 1 unspecified atom stereocenters. The van der Waals surface area contributed by atoms with Gasteiger partial charge in [-0.3, -0.25) is 0 Å². The predicted molar refractivity (Wildman–Crippen MR) is 104 cm³/mol. The van der Waals surface area contributed by atoms with E-state index < -0.39 is 0 Å². The average Bonchev–Trinajstić information content (AvgIpc) is 3.33. The van der Waals surface area contributed by atoms with E-state index in [0.717, 1.165) is 24.7 Å². The second-order valence-corrected chi connectivity index (χ2v) is 12.5. The Hall–Kier alpha value is -0.120. The van der Waals surface area contributed by atoms with Crippen LogP contribution in [0, 0.1) is 45.3 Å². The van der Waals surface area contributed by atoms with Gasteiger partial charge in [0, 0.05) is 12.8 Å². The van der Waals surface area contributed by atoms with Gasteiger partial charge in [0.1, 0.15) is 0 Å². The smallest absolute Gasteiger partial charge is 0.161 e. The Labute approximate surface area is 164 Å². The van der Waals surface area contributed by atoms with Crippen LogP contribution in [-0.2, 0) is 14.2 Å². The number of ether oxygens (including phenoxy) is 3. The van der Waals surface area contributed by atoms with Crippen molar-refractivity contribution in [1.29, 1.82) is 0 Å². The lowest BCUT2D eigenvalue weighted by Crippen LogP contribution is -2.39. The topological polar surface area (TPSA) is 27.7 Å². The summed E-state index contributed by atoms with van der Waals surface area (Å²) in [4.78, 5) is 0. The summed E-state index contributed by atoms with van der Waals surface area (Å²) in [6.07, 6.45) is 8.24. The lowest BCUT2D eigenvalue weighted by Gasteiger charge is -2.39. The molecule has 0 aromatic heterocycles. The highest BCUT2D eigenvalue weighted by Gasteiger charge is 2.71. The Morgan fingerprint density at radius 3 is 1.44 bits per heavy atom. The van der Waals surface area contributed by atoms with Crippen molar-refractivity contribution in [1.82, 2.24) is 0 Å². The van der Waals surface area contributed by atoms with E-state index in [1.54, 1.807) is 0 Å². The molecule has 0 aromatic carbocycles. The van der Waals surface area contributed by atoms with Gasteiger partial charge < -0.3 is 14.2 Å². The molecule has 6 fully saturated rings. The number of hydrogen-bond acceptors (Lipinski definition) is 3. The lowest BCUT2D eigenvalue weighted by molar-refractivity contribution is -0.252. The molecule has 152 valence electrons. The fourth-order valence-corrected chi connectivity index (χ4v) is 9.31. The van der Waals surface area contributed by atoms with E-state index >= 15 is 0 Å². The summed E-state index contributed by atoms with van der Waals surface area (Å²) >= 11 is 0. The molecule has 2 saturated heterocycles. The van der Waals surface area contributed by atoms with Crippen LogP contribution < -0.4 is 0 Å². The Kier molecular flexibility index (Phi) is 3.25. The van der Waals surface area contributed by atoms with E-state index in [1.807, 2.05) is 0 Å². The first-order valence-corrected chi connectivity index (χ1v) is 11.6. The monoisotopic (exact) mass is 374 g/mol. The summed E-state index contributed by atoms with van der Waals surface area (Å²) in [6.45, 7) is 14.8. The van der Waals surface area contributed by atoms with Crippen molar-refractivity contribution >= 4 is 0 Å². The van der Waals surface area contributed by atoms with Crippen LogP contribution in [0.2, 0.25) is 0 Å². The molecule has 3 nitrogen and oxygen atoms in total. The molecule has 6 rings (SSSR count). The molecule has 2 aliphatic heterocycles. The van der Waals surface area contributed by atoms with Gasteiger partial charge in [0.25, 0.3) is 0 Å². The molecule has 10 atom stereocenters.